The summed E-state index contributed by atoms with van der Waals surface area (Å²) in [4.78, 5) is 34.9. The predicted molar refractivity (Wildman–Crippen MR) is 108 cm³/mol. The number of non-ortho nitro benzene ring substituents is 1. The van der Waals surface area contributed by atoms with E-state index >= 15 is 0 Å². The van der Waals surface area contributed by atoms with Crippen LogP contribution in [0.1, 0.15) is 15.9 Å². The smallest absolute Gasteiger partial charge is 0.270 e. The van der Waals surface area contributed by atoms with E-state index in [2.05, 4.69) is 30.9 Å². The quantitative estimate of drug-likeness (QED) is 0.302. The van der Waals surface area contributed by atoms with Gasteiger partial charge in [0.15, 0.2) is 0 Å². The first kappa shape index (κ1) is 19.7. The second-order valence-electron chi connectivity index (χ2n) is 6.12. The van der Waals surface area contributed by atoms with Crippen LogP contribution >= 0.6 is 0 Å². The fourth-order valence-corrected chi connectivity index (χ4v) is 2.49. The molecule has 0 aliphatic rings. The molecule has 0 aliphatic carbocycles. The van der Waals surface area contributed by atoms with Crippen molar-refractivity contribution in [2.24, 2.45) is 0 Å². The number of nitrogens with one attached hydrogen (secondary N) is 3. The third-order valence-electron chi connectivity index (χ3n) is 3.87. The van der Waals surface area contributed by atoms with Crippen LogP contribution < -0.4 is 16.0 Å². The minimum atomic E-state index is -0.536. The zero-order chi connectivity index (χ0) is 20.6. The van der Waals surface area contributed by atoms with Gasteiger partial charge >= 0.3 is 0 Å². The lowest BCUT2D eigenvalue weighted by Crippen LogP contribution is -2.28. The van der Waals surface area contributed by atoms with Crippen molar-refractivity contribution in [1.29, 1.82) is 0 Å². The number of benzene rings is 1. The first-order chi connectivity index (χ1) is 14.0. The van der Waals surface area contributed by atoms with Gasteiger partial charge in [0.25, 0.3) is 11.6 Å². The molecule has 0 radical (unpaired) electrons. The number of anilines is 3. The van der Waals surface area contributed by atoms with Crippen LogP contribution in [0.25, 0.3) is 0 Å². The van der Waals surface area contributed by atoms with Gasteiger partial charge in [-0.25, -0.2) is 15.0 Å². The number of nitrogens with zero attached hydrogens (tertiary/aromatic N) is 4. The van der Waals surface area contributed by atoms with Gasteiger partial charge in [0.05, 0.1) is 4.92 Å². The van der Waals surface area contributed by atoms with Gasteiger partial charge < -0.3 is 16.0 Å². The molecular formula is C19H19N7O3. The summed E-state index contributed by atoms with van der Waals surface area (Å²) >= 11 is 0. The van der Waals surface area contributed by atoms with Gasteiger partial charge in [-0.1, -0.05) is 6.07 Å². The van der Waals surface area contributed by atoms with Crippen molar-refractivity contribution in [3.05, 3.63) is 76.2 Å². The normalized spacial score (nSPS) is 10.2. The van der Waals surface area contributed by atoms with E-state index in [0.29, 0.717) is 30.5 Å². The first-order valence-electron chi connectivity index (χ1n) is 8.79. The number of hydrogen-bond acceptors (Lipinski definition) is 8. The predicted octanol–water partition coefficient (Wildman–Crippen LogP) is 2.67. The average molecular weight is 393 g/mol. The fraction of sp³-hybridized carbons (Fsp3) is 0.158. The van der Waals surface area contributed by atoms with Crippen LogP contribution in [-0.2, 0) is 0 Å². The Morgan fingerprint density at radius 2 is 1.83 bits per heavy atom. The van der Waals surface area contributed by atoms with Crippen LogP contribution in [0.4, 0.5) is 23.1 Å². The Hall–Kier alpha value is -4.08. The Kier molecular flexibility index (Phi) is 6.25. The summed E-state index contributed by atoms with van der Waals surface area (Å²) in [7, 11) is 0. The van der Waals surface area contributed by atoms with Crippen molar-refractivity contribution in [2.75, 3.05) is 23.7 Å². The Balaban J connectivity index is 1.50. The molecule has 148 valence electrons. The number of pyridine rings is 1. The van der Waals surface area contributed by atoms with Gasteiger partial charge in [0.2, 0.25) is 0 Å². The Bertz CT molecular complexity index is 1030. The van der Waals surface area contributed by atoms with Gasteiger partial charge in [0.1, 0.15) is 23.8 Å². The van der Waals surface area contributed by atoms with E-state index < -0.39 is 4.92 Å². The van der Waals surface area contributed by atoms with Crippen LogP contribution in [0.15, 0.2) is 55.0 Å². The number of carbonyl (C=O) groups is 1. The molecule has 2 heterocycles. The summed E-state index contributed by atoms with van der Waals surface area (Å²) < 4.78 is 0. The van der Waals surface area contributed by atoms with Crippen molar-refractivity contribution < 1.29 is 9.72 Å². The number of amides is 1. The van der Waals surface area contributed by atoms with Crippen molar-refractivity contribution in [1.82, 2.24) is 20.3 Å². The van der Waals surface area contributed by atoms with Gasteiger partial charge in [-0.3, -0.25) is 14.9 Å². The molecule has 0 atom stereocenters. The van der Waals surface area contributed by atoms with Gasteiger partial charge in [0, 0.05) is 43.0 Å². The van der Waals surface area contributed by atoms with Crippen molar-refractivity contribution in [3.63, 3.8) is 0 Å². The number of aromatic nitrogens is 3. The van der Waals surface area contributed by atoms with E-state index in [-0.39, 0.29) is 17.2 Å². The summed E-state index contributed by atoms with van der Waals surface area (Å²) in [6.07, 6.45) is 3.13. The van der Waals surface area contributed by atoms with Crippen LogP contribution in [0, 0.1) is 17.0 Å². The molecule has 0 fully saturated rings. The summed E-state index contributed by atoms with van der Waals surface area (Å²) in [6, 6.07) is 11.1. The lowest BCUT2D eigenvalue weighted by atomic mass is 10.2. The molecule has 2 aromatic heterocycles. The van der Waals surface area contributed by atoms with Crippen LogP contribution in [0.3, 0.4) is 0 Å². The number of hydrogen-bond donors (Lipinski definition) is 3. The maximum atomic E-state index is 12.1. The summed E-state index contributed by atoms with van der Waals surface area (Å²) in [5.74, 6) is 1.46. The lowest BCUT2D eigenvalue weighted by molar-refractivity contribution is -0.384. The maximum Gasteiger partial charge on any atom is 0.270 e. The molecular weight excluding hydrogens is 374 g/mol. The number of carbonyl (C=O) groups excluding carboxylic acids is 1. The molecule has 29 heavy (non-hydrogen) atoms. The van der Waals surface area contributed by atoms with Crippen molar-refractivity contribution >= 4 is 29.0 Å². The number of nitro benzene ring substituents is 1. The molecule has 1 amide bonds. The topological polar surface area (TPSA) is 135 Å². The van der Waals surface area contributed by atoms with E-state index in [1.165, 1.54) is 30.6 Å². The third kappa shape index (κ3) is 5.70. The highest BCUT2D eigenvalue weighted by Gasteiger charge is 2.10. The van der Waals surface area contributed by atoms with Crippen LogP contribution in [-0.4, -0.2) is 38.9 Å². The summed E-state index contributed by atoms with van der Waals surface area (Å²) in [5, 5.41) is 19.7. The molecule has 10 nitrogen and oxygen atoms in total. The SMILES string of the molecule is Cc1ccnc(Nc2cc(NCCNC(=O)c3cccc([N+](=O)[O-])c3)ncn2)c1. The van der Waals surface area contributed by atoms with Crippen LogP contribution in [0.2, 0.25) is 0 Å². The standard InChI is InChI=1S/C19H19N7O3/c1-13-5-6-20-17(9-13)25-18-11-16(23-12-24-18)21-7-8-22-19(27)14-3-2-4-15(10-14)26(28)29/h2-6,9-12H,7-8H2,1H3,(H,22,27)(H2,20,21,23,24,25). The molecule has 10 heteroatoms. The Labute approximate surface area is 166 Å². The van der Waals surface area contributed by atoms with Crippen LogP contribution in [0.5, 0.6) is 0 Å². The molecule has 0 bridgehead atoms. The highest BCUT2D eigenvalue weighted by Crippen LogP contribution is 2.15. The number of rotatable bonds is 8. The first-order valence-corrected chi connectivity index (χ1v) is 8.79. The average Bonchev–Trinajstić information content (AvgIpc) is 2.71. The number of nitro groups is 1. The van der Waals surface area contributed by atoms with Gasteiger partial charge in [-0.15, -0.1) is 0 Å². The summed E-state index contributed by atoms with van der Waals surface area (Å²) in [6.45, 7) is 2.70. The zero-order valence-electron chi connectivity index (χ0n) is 15.6. The lowest BCUT2D eigenvalue weighted by Gasteiger charge is -2.09. The second kappa shape index (κ2) is 9.22. The van der Waals surface area contributed by atoms with E-state index in [1.807, 2.05) is 19.1 Å². The Morgan fingerprint density at radius 1 is 1.03 bits per heavy atom. The highest BCUT2D eigenvalue weighted by molar-refractivity contribution is 5.94. The molecule has 1 aromatic carbocycles. The molecule has 3 rings (SSSR count). The Morgan fingerprint density at radius 3 is 2.62 bits per heavy atom. The molecule has 3 aromatic rings. The molecule has 0 aliphatic heterocycles. The van der Waals surface area contributed by atoms with Crippen molar-refractivity contribution in [2.45, 2.75) is 6.92 Å². The largest absolute Gasteiger partial charge is 0.368 e. The number of aryl methyl sites for hydroxylation is 1. The van der Waals surface area contributed by atoms with E-state index in [9.17, 15) is 14.9 Å². The van der Waals surface area contributed by atoms with E-state index in [1.54, 1.807) is 12.3 Å². The monoisotopic (exact) mass is 393 g/mol. The second-order valence-corrected chi connectivity index (χ2v) is 6.12. The minimum absolute atomic E-state index is 0.125. The zero-order valence-corrected chi connectivity index (χ0v) is 15.6. The fourth-order valence-electron chi connectivity index (χ4n) is 2.49. The van der Waals surface area contributed by atoms with Gasteiger partial charge in [-0.2, -0.15) is 0 Å². The van der Waals surface area contributed by atoms with E-state index in [0.717, 1.165) is 5.56 Å². The van der Waals surface area contributed by atoms with Gasteiger partial charge in [-0.05, 0) is 30.7 Å². The molecule has 0 unspecified atom stereocenters. The molecule has 0 saturated heterocycles. The summed E-state index contributed by atoms with van der Waals surface area (Å²) in [5.41, 5.74) is 1.19. The highest BCUT2D eigenvalue weighted by atomic mass is 16.6. The molecule has 0 spiro atoms. The third-order valence-corrected chi connectivity index (χ3v) is 3.87. The molecule has 3 N–H and O–H groups in total. The van der Waals surface area contributed by atoms with E-state index in [4.69, 9.17) is 0 Å². The van der Waals surface area contributed by atoms with Crippen molar-refractivity contribution in [3.8, 4) is 0 Å². The minimum Gasteiger partial charge on any atom is -0.368 e. The molecule has 0 saturated carbocycles. The maximum absolute atomic E-state index is 12.1.